The van der Waals surface area contributed by atoms with Gasteiger partial charge in [0, 0.05) is 0 Å². The van der Waals surface area contributed by atoms with Crippen LogP contribution < -0.4 is 14.5 Å². The van der Waals surface area contributed by atoms with Gasteiger partial charge in [-0.15, -0.1) is 0 Å². The normalized spacial score (nSPS) is 9.60. The van der Waals surface area contributed by atoms with Crippen molar-refractivity contribution in [3.63, 3.8) is 0 Å². The van der Waals surface area contributed by atoms with Gasteiger partial charge in [-0.1, -0.05) is 0 Å². The predicted molar refractivity (Wildman–Crippen MR) is 78.3 cm³/mol. The van der Waals surface area contributed by atoms with Gasteiger partial charge in [0.2, 0.25) is 0 Å². The number of nitriles is 1. The Labute approximate surface area is 123 Å². The first-order valence-corrected chi connectivity index (χ1v) is 7.60. The molecule has 0 radical (unpaired) electrons. The summed E-state index contributed by atoms with van der Waals surface area (Å²) in [5.74, 6) is 0.498. The Morgan fingerprint density at radius 2 is 1.80 bits per heavy atom. The summed E-state index contributed by atoms with van der Waals surface area (Å²) in [5, 5.41) is 11.2. The zero-order valence-electron chi connectivity index (χ0n) is 10.8. The molecule has 4 nitrogen and oxygen atoms in total. The third kappa shape index (κ3) is 4.13. The maximum absolute atomic E-state index is 11.7. The minimum absolute atomic E-state index is 0.180. The molecule has 0 aliphatic rings. The standard InChI is InChI=1S/C15H12N2O2Se/c1-11-2-6-13(7-3-11)19-15(18)17-12-4-8-14(9-5-12)20-10-16/h2-9H,1H3,(H,17,18). The van der Waals surface area contributed by atoms with Crippen molar-refractivity contribution in [1.82, 2.24) is 0 Å². The van der Waals surface area contributed by atoms with Crippen molar-refractivity contribution < 1.29 is 9.53 Å². The molecule has 2 aromatic carbocycles. The van der Waals surface area contributed by atoms with E-state index < -0.39 is 6.09 Å². The number of rotatable bonds is 3. The van der Waals surface area contributed by atoms with Crippen LogP contribution in [0, 0.1) is 17.2 Å². The Balaban J connectivity index is 1.94. The Bertz CT molecular complexity index is 630. The molecule has 0 aromatic heterocycles. The molecule has 1 N–H and O–H groups in total. The molecule has 100 valence electrons. The Hall–Kier alpha value is -2.28. The number of hydrogen-bond donors (Lipinski definition) is 1. The van der Waals surface area contributed by atoms with Crippen LogP contribution in [0.15, 0.2) is 48.5 Å². The Morgan fingerprint density at radius 3 is 2.40 bits per heavy atom. The number of nitrogens with one attached hydrogen (secondary N) is 1. The zero-order chi connectivity index (χ0) is 14.4. The van der Waals surface area contributed by atoms with E-state index in [4.69, 9.17) is 10.00 Å². The second-order valence-corrected chi connectivity index (χ2v) is 5.85. The van der Waals surface area contributed by atoms with Gasteiger partial charge < -0.3 is 0 Å². The molecule has 5 heteroatoms. The second kappa shape index (κ2) is 6.76. The average Bonchev–Trinajstić information content (AvgIpc) is 2.44. The first kappa shape index (κ1) is 14.1. The van der Waals surface area contributed by atoms with E-state index in [1.807, 2.05) is 31.2 Å². The molecule has 0 fully saturated rings. The molecule has 1 amide bonds. The van der Waals surface area contributed by atoms with Gasteiger partial charge in [-0.3, -0.25) is 0 Å². The first-order chi connectivity index (χ1) is 9.67. The van der Waals surface area contributed by atoms with Crippen molar-refractivity contribution in [2.45, 2.75) is 6.92 Å². The number of carbonyl (C=O) groups is 1. The van der Waals surface area contributed by atoms with Crippen LogP contribution in [-0.2, 0) is 0 Å². The summed E-state index contributed by atoms with van der Waals surface area (Å²) >= 11 is -0.180. The molecule has 20 heavy (non-hydrogen) atoms. The molecule has 0 atom stereocenters. The predicted octanol–water partition coefficient (Wildman–Crippen LogP) is 2.42. The van der Waals surface area contributed by atoms with E-state index in [-0.39, 0.29) is 15.0 Å². The molecule has 0 heterocycles. The van der Waals surface area contributed by atoms with Gasteiger partial charge in [-0.25, -0.2) is 0 Å². The Kier molecular flexibility index (Phi) is 4.78. The van der Waals surface area contributed by atoms with Crippen LogP contribution in [0.1, 0.15) is 5.56 Å². The molecular weight excluding hydrogens is 319 g/mol. The topological polar surface area (TPSA) is 62.1 Å². The molecule has 0 aliphatic carbocycles. The van der Waals surface area contributed by atoms with Gasteiger partial charge in [-0.05, 0) is 0 Å². The van der Waals surface area contributed by atoms with Crippen LogP contribution >= 0.6 is 0 Å². The summed E-state index contributed by atoms with van der Waals surface area (Å²) in [4.78, 5) is 13.8. The molecule has 0 saturated heterocycles. The van der Waals surface area contributed by atoms with Crippen LogP contribution in [0.5, 0.6) is 5.75 Å². The number of amides is 1. The number of hydrogen-bond acceptors (Lipinski definition) is 3. The zero-order valence-corrected chi connectivity index (χ0v) is 12.5. The average molecular weight is 331 g/mol. The van der Waals surface area contributed by atoms with E-state index in [9.17, 15) is 4.79 Å². The number of carbonyl (C=O) groups excluding carboxylic acids is 1. The van der Waals surface area contributed by atoms with Crippen LogP contribution in [0.3, 0.4) is 0 Å². The van der Waals surface area contributed by atoms with Crippen LogP contribution in [-0.4, -0.2) is 21.1 Å². The van der Waals surface area contributed by atoms with Crippen molar-refractivity contribution in [2.24, 2.45) is 0 Å². The van der Waals surface area contributed by atoms with Crippen molar-refractivity contribution in [1.29, 1.82) is 5.26 Å². The molecule has 2 rings (SSSR count). The van der Waals surface area contributed by atoms with E-state index in [0.717, 1.165) is 10.0 Å². The number of nitrogens with zero attached hydrogens (tertiary/aromatic N) is 1. The van der Waals surface area contributed by atoms with E-state index in [1.54, 1.807) is 24.3 Å². The summed E-state index contributed by atoms with van der Waals surface area (Å²) in [7, 11) is 0. The minimum atomic E-state index is -0.535. The molecular formula is C15H12N2O2Se. The second-order valence-electron chi connectivity index (χ2n) is 4.05. The van der Waals surface area contributed by atoms with Gasteiger partial charge in [0.1, 0.15) is 0 Å². The summed E-state index contributed by atoms with van der Waals surface area (Å²) in [6.07, 6.45) is -0.535. The quantitative estimate of drug-likeness (QED) is 0.879. The number of benzene rings is 2. The van der Waals surface area contributed by atoms with Gasteiger partial charge in [0.05, 0.1) is 0 Å². The fourth-order valence-electron chi connectivity index (χ4n) is 1.52. The molecule has 0 unspecified atom stereocenters. The summed E-state index contributed by atoms with van der Waals surface area (Å²) < 4.78 is 6.12. The molecule has 2 aromatic rings. The third-order valence-corrected chi connectivity index (χ3v) is 3.75. The number of ether oxygens (including phenoxy) is 1. The summed E-state index contributed by atoms with van der Waals surface area (Å²) in [5.41, 5.74) is 1.74. The molecule has 0 spiro atoms. The maximum atomic E-state index is 11.7. The van der Waals surface area contributed by atoms with Crippen molar-refractivity contribution in [2.75, 3.05) is 5.32 Å². The fraction of sp³-hybridized carbons (Fsp3) is 0.0667. The molecule has 0 aliphatic heterocycles. The number of aryl methyl sites for hydroxylation is 1. The fourth-order valence-corrected chi connectivity index (χ4v) is 2.31. The Morgan fingerprint density at radius 1 is 1.15 bits per heavy atom. The van der Waals surface area contributed by atoms with Crippen molar-refractivity contribution >= 4 is 31.2 Å². The van der Waals surface area contributed by atoms with Gasteiger partial charge in [0.15, 0.2) is 0 Å². The monoisotopic (exact) mass is 332 g/mol. The van der Waals surface area contributed by atoms with Gasteiger partial charge >= 0.3 is 123 Å². The van der Waals surface area contributed by atoms with Crippen LogP contribution in [0.25, 0.3) is 0 Å². The van der Waals surface area contributed by atoms with Crippen LogP contribution in [0.4, 0.5) is 10.5 Å². The van der Waals surface area contributed by atoms with E-state index >= 15 is 0 Å². The number of anilines is 1. The summed E-state index contributed by atoms with van der Waals surface area (Å²) in [6, 6.07) is 14.4. The van der Waals surface area contributed by atoms with Gasteiger partial charge in [0.25, 0.3) is 0 Å². The summed E-state index contributed by atoms with van der Waals surface area (Å²) in [6.45, 7) is 1.97. The van der Waals surface area contributed by atoms with Crippen molar-refractivity contribution in [3.8, 4) is 10.7 Å². The third-order valence-electron chi connectivity index (χ3n) is 2.50. The van der Waals surface area contributed by atoms with E-state index in [2.05, 4.69) is 10.3 Å². The first-order valence-electron chi connectivity index (χ1n) is 5.89. The molecule has 0 saturated carbocycles. The van der Waals surface area contributed by atoms with E-state index in [0.29, 0.717) is 11.4 Å². The molecule has 0 bridgehead atoms. The van der Waals surface area contributed by atoms with E-state index in [1.165, 1.54) is 0 Å². The van der Waals surface area contributed by atoms with Crippen LogP contribution in [0.2, 0.25) is 0 Å². The van der Waals surface area contributed by atoms with Gasteiger partial charge in [-0.2, -0.15) is 0 Å². The van der Waals surface area contributed by atoms with Crippen molar-refractivity contribution in [3.05, 3.63) is 54.1 Å². The SMILES string of the molecule is Cc1ccc(OC(=O)Nc2ccc([Se]C#N)cc2)cc1.